The first-order valence-electron chi connectivity index (χ1n) is 9.86. The van der Waals surface area contributed by atoms with Crippen LogP contribution < -0.4 is 14.8 Å². The molecule has 0 spiro atoms. The van der Waals surface area contributed by atoms with E-state index in [0.29, 0.717) is 41.7 Å². The van der Waals surface area contributed by atoms with E-state index in [1.165, 1.54) is 0 Å². The van der Waals surface area contributed by atoms with E-state index >= 15 is 0 Å². The van der Waals surface area contributed by atoms with Crippen LogP contribution in [0.3, 0.4) is 0 Å². The number of benzene rings is 2. The first-order valence-corrected chi connectivity index (χ1v) is 9.86. The van der Waals surface area contributed by atoms with Gasteiger partial charge in [-0.1, -0.05) is 19.1 Å². The van der Waals surface area contributed by atoms with E-state index in [1.54, 1.807) is 32.2 Å². The van der Waals surface area contributed by atoms with Crippen LogP contribution in [0.5, 0.6) is 17.2 Å². The number of pyridine rings is 1. The molecule has 0 saturated carbocycles. The third-order valence-corrected chi connectivity index (χ3v) is 4.29. The molecule has 0 bridgehead atoms. The molecule has 3 aromatic rings. The van der Waals surface area contributed by atoms with Gasteiger partial charge in [-0.05, 0) is 49.7 Å². The van der Waals surface area contributed by atoms with Crippen LogP contribution in [0.1, 0.15) is 35.1 Å². The number of nitrogens with zero attached hydrogens (tertiary/aromatic N) is 1. The highest BCUT2D eigenvalue weighted by Crippen LogP contribution is 2.27. The summed E-state index contributed by atoms with van der Waals surface area (Å²) in [5.74, 6) is 1.82. The molecule has 0 atom stereocenters. The molecule has 0 aliphatic rings. The van der Waals surface area contributed by atoms with Crippen LogP contribution >= 0.6 is 0 Å². The topological polar surface area (TPSA) is 69.7 Å². The zero-order valence-electron chi connectivity index (χ0n) is 17.5. The Balaban J connectivity index is 1.69. The lowest BCUT2D eigenvalue weighted by Crippen LogP contribution is -2.14. The van der Waals surface area contributed by atoms with E-state index in [4.69, 9.17) is 14.2 Å². The van der Waals surface area contributed by atoms with Gasteiger partial charge >= 0.3 is 0 Å². The number of aryl methyl sites for hydroxylation is 1. The van der Waals surface area contributed by atoms with Crippen LogP contribution in [0.15, 0.2) is 60.7 Å². The summed E-state index contributed by atoms with van der Waals surface area (Å²) in [6.07, 6.45) is 0.941. The lowest BCUT2D eigenvalue weighted by atomic mass is 10.1. The Morgan fingerprint density at radius 1 is 1.00 bits per heavy atom. The predicted octanol–water partition coefficient (Wildman–Crippen LogP) is 5.37. The number of hydrogen-bond donors (Lipinski definition) is 1. The molecule has 2 aromatic carbocycles. The first kappa shape index (κ1) is 21.3. The van der Waals surface area contributed by atoms with Crippen molar-refractivity contribution in [2.75, 3.05) is 19.0 Å². The van der Waals surface area contributed by atoms with Gasteiger partial charge in [-0.25, -0.2) is 0 Å². The van der Waals surface area contributed by atoms with Gasteiger partial charge in [0.2, 0.25) is 0 Å². The summed E-state index contributed by atoms with van der Waals surface area (Å²) in [6.45, 7) is 4.94. The molecular formula is C24H26N2O4. The van der Waals surface area contributed by atoms with Gasteiger partial charge in [0, 0.05) is 24.9 Å². The Bertz CT molecular complexity index is 1000. The highest BCUT2D eigenvalue weighted by atomic mass is 16.5. The zero-order chi connectivity index (χ0) is 21.3. The first-order chi connectivity index (χ1) is 14.6. The fourth-order valence-electron chi connectivity index (χ4n) is 2.90. The second-order valence-electron chi connectivity index (χ2n) is 6.78. The number of anilines is 1. The quantitative estimate of drug-likeness (QED) is 0.517. The Labute approximate surface area is 176 Å². The van der Waals surface area contributed by atoms with Crippen molar-refractivity contribution in [2.45, 2.75) is 26.9 Å². The van der Waals surface area contributed by atoms with Gasteiger partial charge < -0.3 is 19.5 Å². The number of amides is 1. The molecule has 3 rings (SSSR count). The maximum Gasteiger partial charge on any atom is 0.257 e. The lowest BCUT2D eigenvalue weighted by molar-refractivity contribution is 0.102. The normalized spacial score (nSPS) is 10.5. The molecule has 1 amide bonds. The van der Waals surface area contributed by atoms with Gasteiger partial charge in [0.25, 0.3) is 5.91 Å². The van der Waals surface area contributed by atoms with Gasteiger partial charge in [0.05, 0.1) is 30.2 Å². The molecule has 0 radical (unpaired) electrons. The van der Waals surface area contributed by atoms with Crippen molar-refractivity contribution < 1.29 is 19.0 Å². The van der Waals surface area contributed by atoms with Gasteiger partial charge in [0.1, 0.15) is 17.2 Å². The number of carbonyl (C=O) groups excluding carboxylic acids is 1. The molecule has 1 N–H and O–H groups in total. The number of aromatic nitrogens is 1. The monoisotopic (exact) mass is 406 g/mol. The molecule has 0 saturated heterocycles. The Hall–Kier alpha value is -3.38. The Kier molecular flexibility index (Phi) is 7.40. The highest BCUT2D eigenvalue weighted by Gasteiger charge is 2.12. The van der Waals surface area contributed by atoms with E-state index in [2.05, 4.69) is 17.2 Å². The number of nitrogens with one attached hydrogen (secondary N) is 1. The van der Waals surface area contributed by atoms with E-state index in [1.807, 2.05) is 42.5 Å². The van der Waals surface area contributed by atoms with Gasteiger partial charge in [0.15, 0.2) is 0 Å². The third kappa shape index (κ3) is 5.81. The average Bonchev–Trinajstić information content (AvgIpc) is 2.73. The van der Waals surface area contributed by atoms with E-state index in [9.17, 15) is 4.79 Å². The number of ether oxygens (including phenoxy) is 3. The Morgan fingerprint density at radius 2 is 1.73 bits per heavy atom. The molecule has 6 nitrogen and oxygen atoms in total. The van der Waals surface area contributed by atoms with Crippen LogP contribution in [-0.2, 0) is 11.3 Å². The van der Waals surface area contributed by atoms with Crippen molar-refractivity contribution in [2.24, 2.45) is 0 Å². The summed E-state index contributed by atoms with van der Waals surface area (Å²) in [5, 5.41) is 2.90. The second kappa shape index (κ2) is 10.4. The van der Waals surface area contributed by atoms with Gasteiger partial charge in [-0.2, -0.15) is 0 Å². The number of methoxy groups -OCH3 is 1. The fourth-order valence-corrected chi connectivity index (χ4v) is 2.90. The maximum atomic E-state index is 12.7. The number of carbonyl (C=O) groups is 1. The molecule has 0 aliphatic heterocycles. The van der Waals surface area contributed by atoms with Crippen LogP contribution in [0.4, 0.5) is 5.69 Å². The van der Waals surface area contributed by atoms with E-state index in [0.717, 1.165) is 17.9 Å². The van der Waals surface area contributed by atoms with E-state index < -0.39 is 0 Å². The molecule has 1 aromatic heterocycles. The van der Waals surface area contributed by atoms with Crippen LogP contribution in [-0.4, -0.2) is 24.6 Å². The molecule has 30 heavy (non-hydrogen) atoms. The minimum Gasteiger partial charge on any atom is -0.493 e. The summed E-state index contributed by atoms with van der Waals surface area (Å²) < 4.78 is 16.7. The van der Waals surface area contributed by atoms with E-state index in [-0.39, 0.29) is 5.91 Å². The molecule has 0 fully saturated rings. The maximum absolute atomic E-state index is 12.7. The lowest BCUT2D eigenvalue weighted by Gasteiger charge is -2.11. The van der Waals surface area contributed by atoms with Crippen molar-refractivity contribution in [3.8, 4) is 17.2 Å². The largest absolute Gasteiger partial charge is 0.493 e. The smallest absolute Gasteiger partial charge is 0.257 e. The minimum absolute atomic E-state index is 0.226. The predicted molar refractivity (Wildman–Crippen MR) is 116 cm³/mol. The molecule has 6 heteroatoms. The second-order valence-corrected chi connectivity index (χ2v) is 6.78. The van der Waals surface area contributed by atoms with Crippen molar-refractivity contribution in [1.29, 1.82) is 0 Å². The van der Waals surface area contributed by atoms with Gasteiger partial charge in [-0.3, -0.25) is 9.78 Å². The van der Waals surface area contributed by atoms with Crippen molar-refractivity contribution in [1.82, 2.24) is 4.98 Å². The van der Waals surface area contributed by atoms with Crippen LogP contribution in [0.2, 0.25) is 0 Å². The summed E-state index contributed by atoms with van der Waals surface area (Å²) in [6, 6.07) is 18.3. The Morgan fingerprint density at radius 3 is 2.47 bits per heavy atom. The molecular weight excluding hydrogens is 380 g/mol. The van der Waals surface area contributed by atoms with Crippen molar-refractivity contribution in [3.63, 3.8) is 0 Å². The van der Waals surface area contributed by atoms with Crippen molar-refractivity contribution >= 4 is 11.6 Å². The zero-order valence-corrected chi connectivity index (χ0v) is 17.5. The molecule has 0 unspecified atom stereocenters. The molecule has 156 valence electrons. The summed E-state index contributed by atoms with van der Waals surface area (Å²) in [7, 11) is 1.61. The highest BCUT2D eigenvalue weighted by molar-refractivity contribution is 6.05. The summed E-state index contributed by atoms with van der Waals surface area (Å²) in [4.78, 5) is 17.1. The standard InChI is InChI=1S/C24H26N2O4/c1-4-13-29-20-8-6-10-22(15-20)30-21-9-5-7-18(14-21)26-24(27)23-12-11-19(16-28-3)25-17(23)2/h5-12,14-15H,4,13,16H2,1-3H3,(H,26,27). The van der Waals surface area contributed by atoms with Gasteiger partial charge in [-0.15, -0.1) is 0 Å². The number of rotatable bonds is 9. The van der Waals surface area contributed by atoms with Crippen molar-refractivity contribution in [3.05, 3.63) is 77.6 Å². The minimum atomic E-state index is -0.226. The molecule has 1 heterocycles. The SMILES string of the molecule is CCCOc1cccc(Oc2cccc(NC(=O)c3ccc(COC)nc3C)c2)c1. The third-order valence-electron chi connectivity index (χ3n) is 4.29. The average molecular weight is 406 g/mol. The summed E-state index contributed by atoms with van der Waals surface area (Å²) in [5.41, 5.74) is 2.59. The summed E-state index contributed by atoms with van der Waals surface area (Å²) >= 11 is 0. The van der Waals surface area contributed by atoms with Crippen LogP contribution in [0.25, 0.3) is 0 Å². The molecule has 0 aliphatic carbocycles. The van der Waals surface area contributed by atoms with Crippen LogP contribution in [0, 0.1) is 6.92 Å². The number of hydrogen-bond acceptors (Lipinski definition) is 5. The fraction of sp³-hybridized carbons (Fsp3) is 0.250.